The first-order valence-corrected chi connectivity index (χ1v) is 6.68. The number of rotatable bonds is 7. The third-order valence-electron chi connectivity index (χ3n) is 3.66. The molecule has 1 saturated carbocycles. The second-order valence-corrected chi connectivity index (χ2v) is 4.98. The lowest BCUT2D eigenvalue weighted by atomic mass is 9.83. The van der Waals surface area contributed by atoms with Gasteiger partial charge in [0.05, 0.1) is 13.7 Å². The van der Waals surface area contributed by atoms with E-state index in [9.17, 15) is 4.79 Å². The fourth-order valence-corrected chi connectivity index (χ4v) is 2.22. The smallest absolute Gasteiger partial charge is 0.339 e. The van der Waals surface area contributed by atoms with E-state index in [0.717, 1.165) is 24.5 Å². The minimum absolute atomic E-state index is 0.181. The van der Waals surface area contributed by atoms with E-state index in [2.05, 4.69) is 0 Å². The highest BCUT2D eigenvalue weighted by Gasteiger charge is 2.16. The number of methoxy groups -OCH3 is 1. The summed E-state index contributed by atoms with van der Waals surface area (Å²) >= 11 is 0. The molecule has 0 radical (unpaired) electrons. The van der Waals surface area contributed by atoms with Crippen molar-refractivity contribution in [3.8, 4) is 5.75 Å². The Morgan fingerprint density at radius 3 is 2.79 bits per heavy atom. The van der Waals surface area contributed by atoms with Crippen LogP contribution in [0.4, 0.5) is 0 Å². The normalized spacial score (nSPS) is 15.0. The largest absolute Gasteiger partial charge is 0.496 e. The maximum Gasteiger partial charge on any atom is 0.339 e. The molecule has 4 nitrogen and oxygen atoms in total. The van der Waals surface area contributed by atoms with Gasteiger partial charge in [0, 0.05) is 6.61 Å². The standard InChI is InChI=1S/C15H20O4/c1-18-14-9-12(5-6-13(14)15(16)17)10-19-8-7-11-3-2-4-11/h5-6,9,11H,2-4,7-8,10H2,1H3,(H,16,17). The molecule has 4 heteroatoms. The summed E-state index contributed by atoms with van der Waals surface area (Å²) in [6.07, 6.45) is 5.16. The van der Waals surface area contributed by atoms with Crippen LogP contribution >= 0.6 is 0 Å². The molecular weight excluding hydrogens is 244 g/mol. The van der Waals surface area contributed by atoms with Crippen LogP contribution in [0.2, 0.25) is 0 Å². The molecule has 0 atom stereocenters. The van der Waals surface area contributed by atoms with E-state index in [1.807, 2.05) is 0 Å². The third kappa shape index (κ3) is 3.70. The van der Waals surface area contributed by atoms with E-state index in [0.29, 0.717) is 12.4 Å². The molecule has 1 N–H and O–H groups in total. The van der Waals surface area contributed by atoms with Crippen LogP contribution in [0.5, 0.6) is 5.75 Å². The van der Waals surface area contributed by atoms with E-state index in [4.69, 9.17) is 14.6 Å². The van der Waals surface area contributed by atoms with E-state index >= 15 is 0 Å². The molecule has 0 amide bonds. The molecule has 1 fully saturated rings. The van der Waals surface area contributed by atoms with Crippen LogP contribution in [0.1, 0.15) is 41.6 Å². The summed E-state index contributed by atoms with van der Waals surface area (Å²) in [5.41, 5.74) is 1.12. The van der Waals surface area contributed by atoms with Gasteiger partial charge in [-0.3, -0.25) is 0 Å². The van der Waals surface area contributed by atoms with Gasteiger partial charge in [0.15, 0.2) is 0 Å². The van der Waals surface area contributed by atoms with Crippen molar-refractivity contribution >= 4 is 5.97 Å². The lowest BCUT2D eigenvalue weighted by Gasteiger charge is -2.24. The Bertz CT molecular complexity index is 438. The second kappa shape index (κ2) is 6.57. The van der Waals surface area contributed by atoms with Crippen molar-refractivity contribution in [3.63, 3.8) is 0 Å². The summed E-state index contributed by atoms with van der Waals surface area (Å²) in [6, 6.07) is 5.06. The summed E-state index contributed by atoms with van der Waals surface area (Å²) in [7, 11) is 1.48. The molecule has 19 heavy (non-hydrogen) atoms. The number of hydrogen-bond donors (Lipinski definition) is 1. The maximum absolute atomic E-state index is 11.0. The highest BCUT2D eigenvalue weighted by molar-refractivity contribution is 5.90. The lowest BCUT2D eigenvalue weighted by Crippen LogP contribution is -2.13. The van der Waals surface area contributed by atoms with E-state index < -0.39 is 5.97 Å². The van der Waals surface area contributed by atoms with Crippen molar-refractivity contribution in [2.75, 3.05) is 13.7 Å². The fraction of sp³-hybridized carbons (Fsp3) is 0.533. The highest BCUT2D eigenvalue weighted by atomic mass is 16.5. The van der Waals surface area contributed by atoms with Crippen molar-refractivity contribution in [2.24, 2.45) is 5.92 Å². The number of carboxylic acids is 1. The number of ether oxygens (including phenoxy) is 2. The van der Waals surface area contributed by atoms with Gasteiger partial charge in [-0.25, -0.2) is 4.79 Å². The minimum atomic E-state index is -0.977. The van der Waals surface area contributed by atoms with Gasteiger partial charge < -0.3 is 14.6 Å². The summed E-state index contributed by atoms with van der Waals surface area (Å²) in [5.74, 6) is 0.255. The Labute approximate surface area is 113 Å². The average Bonchev–Trinajstić information content (AvgIpc) is 2.35. The molecule has 0 saturated heterocycles. The third-order valence-corrected chi connectivity index (χ3v) is 3.66. The van der Waals surface area contributed by atoms with E-state index in [1.165, 1.54) is 26.4 Å². The van der Waals surface area contributed by atoms with Gasteiger partial charge in [-0.2, -0.15) is 0 Å². The first-order valence-electron chi connectivity index (χ1n) is 6.68. The number of carbonyl (C=O) groups is 1. The topological polar surface area (TPSA) is 55.8 Å². The Hall–Kier alpha value is -1.55. The van der Waals surface area contributed by atoms with Crippen LogP contribution in [-0.4, -0.2) is 24.8 Å². The van der Waals surface area contributed by atoms with Gasteiger partial charge in [0.1, 0.15) is 11.3 Å². The zero-order valence-electron chi connectivity index (χ0n) is 11.2. The summed E-state index contributed by atoms with van der Waals surface area (Å²) in [4.78, 5) is 11.0. The van der Waals surface area contributed by atoms with Crippen molar-refractivity contribution in [1.82, 2.24) is 0 Å². The van der Waals surface area contributed by atoms with Gasteiger partial charge in [0.2, 0.25) is 0 Å². The first-order chi connectivity index (χ1) is 9.20. The Kier molecular flexibility index (Phi) is 4.80. The second-order valence-electron chi connectivity index (χ2n) is 4.98. The zero-order valence-corrected chi connectivity index (χ0v) is 11.2. The number of benzene rings is 1. The van der Waals surface area contributed by atoms with Crippen LogP contribution in [0.3, 0.4) is 0 Å². The van der Waals surface area contributed by atoms with Crippen LogP contribution in [0.25, 0.3) is 0 Å². The molecule has 0 spiro atoms. The van der Waals surface area contributed by atoms with Gasteiger partial charge >= 0.3 is 5.97 Å². The first kappa shape index (κ1) is 13.9. The molecular formula is C15H20O4. The summed E-state index contributed by atoms with van der Waals surface area (Å²) in [6.45, 7) is 1.27. The SMILES string of the molecule is COc1cc(COCCC2CCC2)ccc1C(=O)O. The van der Waals surface area contributed by atoms with Crippen LogP contribution < -0.4 is 4.74 Å². The molecule has 0 heterocycles. The van der Waals surface area contributed by atoms with Crippen molar-refractivity contribution in [1.29, 1.82) is 0 Å². The van der Waals surface area contributed by atoms with E-state index in [-0.39, 0.29) is 5.56 Å². The zero-order chi connectivity index (χ0) is 13.7. The molecule has 0 unspecified atom stereocenters. The predicted molar refractivity (Wildman–Crippen MR) is 71.6 cm³/mol. The monoisotopic (exact) mass is 264 g/mol. The van der Waals surface area contributed by atoms with E-state index in [1.54, 1.807) is 18.2 Å². The fourth-order valence-electron chi connectivity index (χ4n) is 2.22. The number of aromatic carboxylic acids is 1. The molecule has 0 bridgehead atoms. The van der Waals surface area contributed by atoms with Gasteiger partial charge in [0.25, 0.3) is 0 Å². The summed E-state index contributed by atoms with van der Waals surface area (Å²) < 4.78 is 10.7. The van der Waals surface area contributed by atoms with Gasteiger partial charge in [-0.1, -0.05) is 25.3 Å². The van der Waals surface area contributed by atoms with Gasteiger partial charge in [-0.05, 0) is 30.0 Å². The van der Waals surface area contributed by atoms with Crippen molar-refractivity contribution < 1.29 is 19.4 Å². The molecule has 104 valence electrons. The van der Waals surface area contributed by atoms with Crippen LogP contribution in [0, 0.1) is 5.92 Å². The maximum atomic E-state index is 11.0. The minimum Gasteiger partial charge on any atom is -0.496 e. The lowest BCUT2D eigenvalue weighted by molar-refractivity contribution is 0.0692. The highest BCUT2D eigenvalue weighted by Crippen LogP contribution is 2.29. The Morgan fingerprint density at radius 2 is 2.21 bits per heavy atom. The van der Waals surface area contributed by atoms with Crippen molar-refractivity contribution in [2.45, 2.75) is 32.3 Å². The summed E-state index contributed by atoms with van der Waals surface area (Å²) in [5, 5.41) is 8.99. The molecule has 0 aliphatic heterocycles. The van der Waals surface area contributed by atoms with Crippen molar-refractivity contribution in [3.05, 3.63) is 29.3 Å². The molecule has 1 aliphatic rings. The average molecular weight is 264 g/mol. The van der Waals surface area contributed by atoms with Crippen LogP contribution in [-0.2, 0) is 11.3 Å². The van der Waals surface area contributed by atoms with Gasteiger partial charge in [-0.15, -0.1) is 0 Å². The Balaban J connectivity index is 1.84. The molecule has 1 aliphatic carbocycles. The molecule has 1 aromatic rings. The molecule has 1 aromatic carbocycles. The quantitative estimate of drug-likeness (QED) is 0.769. The Morgan fingerprint density at radius 1 is 1.42 bits per heavy atom. The van der Waals surface area contributed by atoms with Crippen LogP contribution in [0.15, 0.2) is 18.2 Å². The molecule has 0 aromatic heterocycles. The number of carboxylic acid groups (broad SMARTS) is 1. The number of hydrogen-bond acceptors (Lipinski definition) is 3. The predicted octanol–water partition coefficient (Wildman–Crippen LogP) is 3.10. The molecule has 2 rings (SSSR count).